The summed E-state index contributed by atoms with van der Waals surface area (Å²) in [4.78, 5) is 4.27. The molecule has 0 unspecified atom stereocenters. The molecule has 4 nitrogen and oxygen atoms in total. The van der Waals surface area contributed by atoms with Crippen molar-refractivity contribution in [3.63, 3.8) is 0 Å². The number of pyridine rings is 1. The molecule has 0 radical (unpaired) electrons. The Morgan fingerprint density at radius 2 is 2.11 bits per heavy atom. The molecule has 1 N–H and O–H groups in total. The fourth-order valence-corrected chi connectivity index (χ4v) is 1.76. The maximum absolute atomic E-state index is 9.34. The van der Waals surface area contributed by atoms with E-state index in [0.29, 0.717) is 23.7 Å². The third kappa shape index (κ3) is 3.23. The Morgan fingerprint density at radius 3 is 2.79 bits per heavy atom. The highest BCUT2D eigenvalue weighted by atomic mass is 16.5. The van der Waals surface area contributed by atoms with Crippen LogP contribution in [0, 0.1) is 6.92 Å². The number of methoxy groups -OCH3 is 1. The van der Waals surface area contributed by atoms with Gasteiger partial charge in [0.25, 0.3) is 0 Å². The molecule has 0 aliphatic rings. The largest absolute Gasteiger partial charge is 0.497 e. The van der Waals surface area contributed by atoms with Gasteiger partial charge in [-0.3, -0.25) is 4.98 Å². The minimum Gasteiger partial charge on any atom is -0.497 e. The maximum Gasteiger partial charge on any atom is 0.130 e. The Bertz CT molecular complexity index is 555. The second kappa shape index (κ2) is 6.20. The van der Waals surface area contributed by atoms with Gasteiger partial charge >= 0.3 is 0 Å². The molecule has 0 aliphatic carbocycles. The molecule has 2 rings (SSSR count). The van der Waals surface area contributed by atoms with Crippen LogP contribution in [0.15, 0.2) is 36.5 Å². The molecule has 4 heteroatoms. The molecule has 0 saturated carbocycles. The van der Waals surface area contributed by atoms with Gasteiger partial charge in [0.2, 0.25) is 0 Å². The Hall–Kier alpha value is -2.07. The van der Waals surface area contributed by atoms with Gasteiger partial charge in [0.15, 0.2) is 0 Å². The molecule has 1 aromatic carbocycles. The van der Waals surface area contributed by atoms with Crippen LogP contribution in [0.2, 0.25) is 0 Å². The van der Waals surface area contributed by atoms with Crippen LogP contribution in [0.5, 0.6) is 11.5 Å². The van der Waals surface area contributed by atoms with Crippen molar-refractivity contribution in [2.75, 3.05) is 7.11 Å². The van der Waals surface area contributed by atoms with Crippen LogP contribution in [0.4, 0.5) is 0 Å². The Labute approximate surface area is 112 Å². The topological polar surface area (TPSA) is 51.6 Å². The van der Waals surface area contributed by atoms with E-state index in [0.717, 1.165) is 11.3 Å². The molecule has 0 spiro atoms. The van der Waals surface area contributed by atoms with E-state index in [2.05, 4.69) is 4.98 Å². The van der Waals surface area contributed by atoms with Crippen LogP contribution >= 0.6 is 0 Å². The highest BCUT2D eigenvalue weighted by Gasteiger charge is 2.06. The fraction of sp³-hybridized carbons (Fsp3) is 0.267. The van der Waals surface area contributed by atoms with Crippen molar-refractivity contribution in [2.45, 2.75) is 20.1 Å². The van der Waals surface area contributed by atoms with Crippen LogP contribution in [0.25, 0.3) is 0 Å². The van der Waals surface area contributed by atoms with Gasteiger partial charge in [-0.2, -0.15) is 0 Å². The first-order valence-electron chi connectivity index (χ1n) is 6.05. The van der Waals surface area contributed by atoms with Crippen LogP contribution < -0.4 is 9.47 Å². The Morgan fingerprint density at radius 1 is 1.26 bits per heavy atom. The lowest BCUT2D eigenvalue weighted by Gasteiger charge is -2.12. The molecule has 0 saturated heterocycles. The summed E-state index contributed by atoms with van der Waals surface area (Å²) in [6.45, 7) is 2.28. The van der Waals surface area contributed by atoms with E-state index in [1.807, 2.05) is 19.1 Å². The lowest BCUT2D eigenvalue weighted by atomic mass is 10.2. The fourth-order valence-electron chi connectivity index (χ4n) is 1.76. The smallest absolute Gasteiger partial charge is 0.130 e. The zero-order valence-corrected chi connectivity index (χ0v) is 11.1. The van der Waals surface area contributed by atoms with Crippen molar-refractivity contribution in [3.05, 3.63) is 53.3 Å². The molecular formula is C15H17NO3. The number of ether oxygens (including phenoxy) is 2. The predicted octanol–water partition coefficient (Wildman–Crippen LogP) is 2.47. The quantitative estimate of drug-likeness (QED) is 0.896. The molecule has 0 amide bonds. The predicted molar refractivity (Wildman–Crippen MR) is 72.2 cm³/mol. The van der Waals surface area contributed by atoms with Gasteiger partial charge in [-0.25, -0.2) is 0 Å². The Balaban J connectivity index is 2.13. The number of nitrogens with zero attached hydrogens (tertiary/aromatic N) is 1. The summed E-state index contributed by atoms with van der Waals surface area (Å²) in [7, 11) is 1.59. The van der Waals surface area contributed by atoms with Crippen molar-refractivity contribution in [3.8, 4) is 11.5 Å². The summed E-state index contributed by atoms with van der Waals surface area (Å²) in [6.07, 6.45) is 1.74. The highest BCUT2D eigenvalue weighted by Crippen LogP contribution is 2.25. The van der Waals surface area contributed by atoms with Gasteiger partial charge in [-0.05, 0) is 36.8 Å². The number of benzene rings is 1. The first kappa shape index (κ1) is 13.4. The van der Waals surface area contributed by atoms with E-state index >= 15 is 0 Å². The van der Waals surface area contributed by atoms with E-state index in [9.17, 15) is 5.11 Å². The average Bonchev–Trinajstić information content (AvgIpc) is 2.46. The first-order chi connectivity index (χ1) is 9.24. The van der Waals surface area contributed by atoms with Gasteiger partial charge in [-0.15, -0.1) is 0 Å². The monoisotopic (exact) mass is 259 g/mol. The number of aromatic nitrogens is 1. The third-order valence-corrected chi connectivity index (χ3v) is 2.92. The zero-order valence-electron chi connectivity index (χ0n) is 11.1. The van der Waals surface area contributed by atoms with Gasteiger partial charge in [0, 0.05) is 11.8 Å². The molecule has 2 aromatic rings. The maximum atomic E-state index is 9.34. The molecule has 0 aliphatic heterocycles. The van der Waals surface area contributed by atoms with Crippen LogP contribution in [0.1, 0.15) is 16.8 Å². The van der Waals surface area contributed by atoms with Crippen molar-refractivity contribution >= 4 is 0 Å². The van der Waals surface area contributed by atoms with E-state index in [-0.39, 0.29) is 6.61 Å². The molecule has 1 heterocycles. The number of hydrogen-bond donors (Lipinski definition) is 1. The summed E-state index contributed by atoms with van der Waals surface area (Å²) in [6, 6.07) is 9.25. The summed E-state index contributed by atoms with van der Waals surface area (Å²) >= 11 is 0. The molecule has 0 atom stereocenters. The number of aryl methyl sites for hydroxylation is 1. The normalized spacial score (nSPS) is 10.3. The number of aliphatic hydroxyl groups is 1. The summed E-state index contributed by atoms with van der Waals surface area (Å²) < 4.78 is 10.8. The lowest BCUT2D eigenvalue weighted by molar-refractivity contribution is 0.256. The van der Waals surface area contributed by atoms with Gasteiger partial charge in [0.1, 0.15) is 18.1 Å². The molecule has 100 valence electrons. The van der Waals surface area contributed by atoms with Gasteiger partial charge in [0.05, 0.1) is 19.4 Å². The second-order valence-electron chi connectivity index (χ2n) is 4.19. The lowest BCUT2D eigenvalue weighted by Crippen LogP contribution is -2.02. The van der Waals surface area contributed by atoms with Crippen molar-refractivity contribution in [2.24, 2.45) is 0 Å². The van der Waals surface area contributed by atoms with Crippen molar-refractivity contribution in [1.29, 1.82) is 0 Å². The molecular weight excluding hydrogens is 242 g/mol. The van der Waals surface area contributed by atoms with Crippen LogP contribution in [-0.4, -0.2) is 17.2 Å². The number of rotatable bonds is 5. The molecule has 0 fully saturated rings. The average molecular weight is 259 g/mol. The second-order valence-corrected chi connectivity index (χ2v) is 4.19. The SMILES string of the molecule is COc1ccc(OCc2ncccc2C)c(CO)c1. The Kier molecular flexibility index (Phi) is 4.36. The van der Waals surface area contributed by atoms with E-state index in [1.54, 1.807) is 31.5 Å². The zero-order chi connectivity index (χ0) is 13.7. The summed E-state index contributed by atoms with van der Waals surface area (Å²) in [5.41, 5.74) is 2.68. The van der Waals surface area contributed by atoms with Crippen molar-refractivity contribution < 1.29 is 14.6 Å². The molecule has 1 aromatic heterocycles. The third-order valence-electron chi connectivity index (χ3n) is 2.92. The van der Waals surface area contributed by atoms with Crippen LogP contribution in [0.3, 0.4) is 0 Å². The minimum atomic E-state index is -0.0895. The molecule has 19 heavy (non-hydrogen) atoms. The summed E-state index contributed by atoms with van der Waals surface area (Å²) in [5.74, 6) is 1.35. The van der Waals surface area contributed by atoms with Gasteiger partial charge < -0.3 is 14.6 Å². The van der Waals surface area contributed by atoms with Crippen LogP contribution in [-0.2, 0) is 13.2 Å². The van der Waals surface area contributed by atoms with Gasteiger partial charge in [-0.1, -0.05) is 6.07 Å². The highest BCUT2D eigenvalue weighted by molar-refractivity contribution is 5.40. The first-order valence-corrected chi connectivity index (χ1v) is 6.05. The molecule has 0 bridgehead atoms. The van der Waals surface area contributed by atoms with E-state index in [4.69, 9.17) is 9.47 Å². The minimum absolute atomic E-state index is 0.0895. The summed E-state index contributed by atoms with van der Waals surface area (Å²) in [5, 5.41) is 9.34. The number of aliphatic hydroxyl groups excluding tert-OH is 1. The van der Waals surface area contributed by atoms with E-state index in [1.165, 1.54) is 0 Å². The van der Waals surface area contributed by atoms with E-state index < -0.39 is 0 Å². The number of hydrogen-bond acceptors (Lipinski definition) is 4. The standard InChI is InChI=1S/C15H17NO3/c1-11-4-3-7-16-14(11)10-19-15-6-5-13(18-2)8-12(15)9-17/h3-8,17H,9-10H2,1-2H3. The van der Waals surface area contributed by atoms with Crippen molar-refractivity contribution in [1.82, 2.24) is 4.98 Å².